The Kier molecular flexibility index (Phi) is 6.70. The Morgan fingerprint density at radius 1 is 1.29 bits per heavy atom. The zero-order chi connectivity index (χ0) is 12.5. The Hall–Kier alpha value is -1.03. The molecular formula is C13H19NO2S. The number of nitro groups is 1. The Morgan fingerprint density at radius 3 is 2.59 bits per heavy atom. The van der Waals surface area contributed by atoms with Gasteiger partial charge in [0.1, 0.15) is 0 Å². The average molecular weight is 253 g/mol. The van der Waals surface area contributed by atoms with Crippen LogP contribution in [0.15, 0.2) is 30.3 Å². The van der Waals surface area contributed by atoms with E-state index in [1.807, 2.05) is 30.3 Å². The zero-order valence-corrected chi connectivity index (χ0v) is 11.0. The molecule has 0 spiro atoms. The van der Waals surface area contributed by atoms with Gasteiger partial charge in [0.15, 0.2) is 0 Å². The van der Waals surface area contributed by atoms with Crippen LogP contribution in [0.5, 0.6) is 0 Å². The van der Waals surface area contributed by atoms with E-state index in [1.54, 1.807) is 11.8 Å². The van der Waals surface area contributed by atoms with Crippen LogP contribution in [0.3, 0.4) is 0 Å². The first-order valence-corrected chi connectivity index (χ1v) is 7.07. The van der Waals surface area contributed by atoms with E-state index in [0.29, 0.717) is 0 Å². The minimum absolute atomic E-state index is 0.0111. The van der Waals surface area contributed by atoms with Crippen molar-refractivity contribution in [1.29, 1.82) is 0 Å². The molecule has 0 saturated heterocycles. The van der Waals surface area contributed by atoms with Gasteiger partial charge in [0.2, 0.25) is 6.54 Å². The maximum Gasteiger partial charge on any atom is 0.219 e. The van der Waals surface area contributed by atoms with E-state index >= 15 is 0 Å². The van der Waals surface area contributed by atoms with Crippen LogP contribution in [-0.4, -0.2) is 17.2 Å². The monoisotopic (exact) mass is 253 g/mol. The molecule has 0 N–H and O–H groups in total. The standard InChI is InChI=1S/C13H19NO2S/c1-2-3-7-10-17-13(11-14(15)16)12-8-5-4-6-9-12/h4-6,8-9,13H,2-3,7,10-11H2,1H3. The van der Waals surface area contributed by atoms with Crippen molar-refractivity contribution in [3.63, 3.8) is 0 Å². The Morgan fingerprint density at radius 2 is 2.00 bits per heavy atom. The highest BCUT2D eigenvalue weighted by Gasteiger charge is 2.17. The molecule has 1 aromatic carbocycles. The summed E-state index contributed by atoms with van der Waals surface area (Å²) in [5.74, 6) is 1.00. The minimum Gasteiger partial charge on any atom is -0.264 e. The summed E-state index contributed by atoms with van der Waals surface area (Å²) < 4.78 is 0. The molecule has 0 aliphatic carbocycles. The third-order valence-corrected chi connectivity index (χ3v) is 3.90. The Balaban J connectivity index is 2.52. The van der Waals surface area contributed by atoms with E-state index in [9.17, 15) is 10.1 Å². The molecule has 0 bridgehead atoms. The molecule has 0 heterocycles. The second-order valence-corrected chi connectivity index (χ2v) is 5.30. The molecule has 4 heteroatoms. The molecule has 3 nitrogen and oxygen atoms in total. The third kappa shape index (κ3) is 5.73. The van der Waals surface area contributed by atoms with E-state index in [-0.39, 0.29) is 16.7 Å². The first-order chi connectivity index (χ1) is 8.24. The molecule has 1 rings (SSSR count). The fourth-order valence-corrected chi connectivity index (χ4v) is 2.87. The van der Waals surface area contributed by atoms with Gasteiger partial charge in [0, 0.05) is 4.92 Å². The average Bonchev–Trinajstić information content (AvgIpc) is 2.34. The number of thioether (sulfide) groups is 1. The molecule has 17 heavy (non-hydrogen) atoms. The maximum absolute atomic E-state index is 10.7. The van der Waals surface area contributed by atoms with Gasteiger partial charge in [-0.1, -0.05) is 50.1 Å². The topological polar surface area (TPSA) is 43.1 Å². The van der Waals surface area contributed by atoms with Crippen molar-refractivity contribution in [2.24, 2.45) is 0 Å². The van der Waals surface area contributed by atoms with Crippen molar-refractivity contribution >= 4 is 11.8 Å². The van der Waals surface area contributed by atoms with E-state index < -0.39 is 0 Å². The van der Waals surface area contributed by atoms with Gasteiger partial charge in [0.05, 0.1) is 5.25 Å². The predicted molar refractivity (Wildman–Crippen MR) is 73.0 cm³/mol. The maximum atomic E-state index is 10.7. The molecule has 0 fully saturated rings. The van der Waals surface area contributed by atoms with Crippen molar-refractivity contribution in [3.8, 4) is 0 Å². The van der Waals surface area contributed by atoms with Crippen LogP contribution in [0, 0.1) is 10.1 Å². The molecule has 1 unspecified atom stereocenters. The molecule has 0 amide bonds. The molecule has 0 aliphatic rings. The lowest BCUT2D eigenvalue weighted by molar-refractivity contribution is -0.479. The van der Waals surface area contributed by atoms with Crippen LogP contribution in [0.1, 0.15) is 37.0 Å². The quantitative estimate of drug-likeness (QED) is 0.400. The molecule has 0 aromatic heterocycles. The Labute approximate surface area is 107 Å². The van der Waals surface area contributed by atoms with Gasteiger partial charge in [-0.3, -0.25) is 10.1 Å². The minimum atomic E-state index is -0.218. The number of unbranched alkanes of at least 4 members (excludes halogenated alkanes) is 2. The van der Waals surface area contributed by atoms with Crippen LogP contribution >= 0.6 is 11.8 Å². The summed E-state index contributed by atoms with van der Waals surface area (Å²) in [5, 5.41) is 10.7. The highest BCUT2D eigenvalue weighted by Crippen LogP contribution is 2.29. The van der Waals surface area contributed by atoms with Gasteiger partial charge >= 0.3 is 0 Å². The lowest BCUT2D eigenvalue weighted by Gasteiger charge is -2.12. The number of hydrogen-bond donors (Lipinski definition) is 0. The zero-order valence-electron chi connectivity index (χ0n) is 10.2. The van der Waals surface area contributed by atoms with Gasteiger partial charge in [-0.2, -0.15) is 0 Å². The first-order valence-electron chi connectivity index (χ1n) is 6.02. The van der Waals surface area contributed by atoms with E-state index in [0.717, 1.165) is 17.7 Å². The Bertz CT molecular complexity index is 329. The number of rotatable bonds is 8. The molecule has 0 saturated carbocycles. The van der Waals surface area contributed by atoms with Crippen molar-refractivity contribution < 1.29 is 4.92 Å². The highest BCUT2D eigenvalue weighted by molar-refractivity contribution is 7.99. The lowest BCUT2D eigenvalue weighted by Crippen LogP contribution is -2.10. The largest absolute Gasteiger partial charge is 0.264 e. The highest BCUT2D eigenvalue weighted by atomic mass is 32.2. The van der Waals surface area contributed by atoms with E-state index in [1.165, 1.54) is 12.8 Å². The fraction of sp³-hybridized carbons (Fsp3) is 0.538. The van der Waals surface area contributed by atoms with E-state index in [2.05, 4.69) is 6.92 Å². The van der Waals surface area contributed by atoms with Gasteiger partial charge in [-0.15, -0.1) is 11.8 Å². The fourth-order valence-electron chi connectivity index (χ4n) is 1.64. The first kappa shape index (κ1) is 14.0. The SMILES string of the molecule is CCCCCSC(C[N+](=O)[O-])c1ccccc1. The summed E-state index contributed by atoms with van der Waals surface area (Å²) in [6, 6.07) is 9.76. The lowest BCUT2D eigenvalue weighted by atomic mass is 10.1. The number of nitrogens with zero attached hydrogens (tertiary/aromatic N) is 1. The molecule has 1 atom stereocenters. The molecule has 0 aliphatic heterocycles. The van der Waals surface area contributed by atoms with Gasteiger partial charge in [-0.25, -0.2) is 0 Å². The van der Waals surface area contributed by atoms with Crippen molar-refractivity contribution in [2.45, 2.75) is 31.4 Å². The van der Waals surface area contributed by atoms with Crippen molar-refractivity contribution in [1.82, 2.24) is 0 Å². The molecule has 1 aromatic rings. The summed E-state index contributed by atoms with van der Waals surface area (Å²) in [4.78, 5) is 10.4. The van der Waals surface area contributed by atoms with E-state index in [4.69, 9.17) is 0 Å². The second-order valence-electron chi connectivity index (χ2n) is 3.99. The van der Waals surface area contributed by atoms with Crippen LogP contribution in [0.25, 0.3) is 0 Å². The van der Waals surface area contributed by atoms with Crippen LogP contribution in [0.4, 0.5) is 0 Å². The van der Waals surface area contributed by atoms with Crippen LogP contribution in [-0.2, 0) is 0 Å². The molecular weight excluding hydrogens is 234 g/mol. The summed E-state index contributed by atoms with van der Waals surface area (Å²) in [5.41, 5.74) is 1.06. The number of hydrogen-bond acceptors (Lipinski definition) is 3. The molecule has 0 radical (unpaired) electrons. The van der Waals surface area contributed by atoms with Crippen LogP contribution in [0.2, 0.25) is 0 Å². The number of benzene rings is 1. The predicted octanol–water partition coefficient (Wildman–Crippen LogP) is 3.93. The third-order valence-electron chi connectivity index (χ3n) is 2.55. The summed E-state index contributed by atoms with van der Waals surface area (Å²) in [7, 11) is 0. The van der Waals surface area contributed by atoms with Crippen molar-refractivity contribution in [3.05, 3.63) is 46.0 Å². The van der Waals surface area contributed by atoms with Crippen molar-refractivity contribution in [2.75, 3.05) is 12.3 Å². The summed E-state index contributed by atoms with van der Waals surface area (Å²) >= 11 is 1.70. The van der Waals surface area contributed by atoms with Crippen LogP contribution < -0.4 is 0 Å². The summed E-state index contributed by atoms with van der Waals surface area (Å²) in [6.45, 7) is 2.18. The smallest absolute Gasteiger partial charge is 0.219 e. The normalized spacial score (nSPS) is 12.3. The van der Waals surface area contributed by atoms with Gasteiger partial charge in [0.25, 0.3) is 0 Å². The second kappa shape index (κ2) is 8.12. The molecule has 94 valence electrons. The summed E-state index contributed by atoms with van der Waals surface area (Å²) in [6.07, 6.45) is 3.53. The van der Waals surface area contributed by atoms with Gasteiger partial charge < -0.3 is 0 Å². The van der Waals surface area contributed by atoms with Gasteiger partial charge in [-0.05, 0) is 17.7 Å².